The zero-order valence-electron chi connectivity index (χ0n) is 19.3. The van der Waals surface area contributed by atoms with Crippen LogP contribution in [0, 0.1) is 0 Å². The van der Waals surface area contributed by atoms with Crippen LogP contribution in [-0.2, 0) is 34.2 Å². The number of sulfonamides is 1. The Hall–Kier alpha value is -2.71. The number of hydrogen-bond acceptors (Lipinski definition) is 4. The van der Waals surface area contributed by atoms with Crippen molar-refractivity contribution < 1.29 is 13.2 Å². The van der Waals surface area contributed by atoms with Gasteiger partial charge in [-0.2, -0.15) is 0 Å². The van der Waals surface area contributed by atoms with E-state index >= 15 is 0 Å². The maximum Gasteiger partial charge on any atom is 0.242 e. The molecule has 1 N–H and O–H groups in total. The van der Waals surface area contributed by atoms with Gasteiger partial charge < -0.3 is 9.88 Å². The molecule has 1 aromatic heterocycles. The van der Waals surface area contributed by atoms with Crippen LogP contribution < -0.4 is 5.32 Å². The van der Waals surface area contributed by atoms with Crippen molar-refractivity contribution in [2.45, 2.75) is 57.4 Å². The SMILES string of the molecule is CCCCn1c(CCC(=O)Nc2ccccc2CC)nc2cc(S(=O)(=O)N(C)C)ccc21. The molecule has 0 atom stereocenters. The number of nitrogens with one attached hydrogen (secondary N) is 1. The van der Waals surface area contributed by atoms with Gasteiger partial charge in [-0.25, -0.2) is 17.7 Å². The Morgan fingerprint density at radius 2 is 1.88 bits per heavy atom. The van der Waals surface area contributed by atoms with E-state index in [2.05, 4.69) is 23.7 Å². The molecule has 8 heteroatoms. The monoisotopic (exact) mass is 456 g/mol. The smallest absolute Gasteiger partial charge is 0.242 e. The summed E-state index contributed by atoms with van der Waals surface area (Å²) in [5.74, 6) is 0.739. The molecule has 0 saturated heterocycles. The van der Waals surface area contributed by atoms with E-state index in [4.69, 9.17) is 4.98 Å². The summed E-state index contributed by atoms with van der Waals surface area (Å²) >= 11 is 0. The van der Waals surface area contributed by atoms with Crippen LogP contribution in [0.25, 0.3) is 11.0 Å². The van der Waals surface area contributed by atoms with Crippen molar-refractivity contribution in [2.24, 2.45) is 0 Å². The van der Waals surface area contributed by atoms with Crippen molar-refractivity contribution >= 4 is 32.7 Å². The van der Waals surface area contributed by atoms with Crippen LogP contribution in [0.1, 0.15) is 44.5 Å². The number of benzene rings is 2. The lowest BCUT2D eigenvalue weighted by Gasteiger charge is -2.12. The maximum absolute atomic E-state index is 12.6. The fourth-order valence-corrected chi connectivity index (χ4v) is 4.60. The van der Waals surface area contributed by atoms with E-state index in [9.17, 15) is 13.2 Å². The van der Waals surface area contributed by atoms with Crippen molar-refractivity contribution in [3.05, 3.63) is 53.9 Å². The molecule has 0 fully saturated rings. The number of rotatable bonds is 10. The Kier molecular flexibility index (Phi) is 7.69. The standard InChI is InChI=1S/C24H32N4O3S/c1-5-7-16-28-22-13-12-19(32(30,31)27(3)4)17-21(22)25-23(28)14-15-24(29)26-20-11-9-8-10-18(20)6-2/h8-13,17H,5-7,14-16H2,1-4H3,(H,26,29). The van der Waals surface area contributed by atoms with Crippen molar-refractivity contribution in [3.63, 3.8) is 0 Å². The number of aromatic nitrogens is 2. The Balaban J connectivity index is 1.85. The number of imidazole rings is 1. The van der Waals surface area contributed by atoms with Gasteiger partial charge in [-0.15, -0.1) is 0 Å². The van der Waals surface area contributed by atoms with Crippen LogP contribution >= 0.6 is 0 Å². The number of carbonyl (C=O) groups is 1. The molecular weight excluding hydrogens is 424 g/mol. The molecular formula is C24H32N4O3S. The first-order valence-electron chi connectivity index (χ1n) is 11.1. The molecule has 1 heterocycles. The molecule has 32 heavy (non-hydrogen) atoms. The quantitative estimate of drug-likeness (QED) is 0.495. The summed E-state index contributed by atoms with van der Waals surface area (Å²) in [4.78, 5) is 17.6. The molecule has 0 saturated carbocycles. The third-order valence-corrected chi connectivity index (χ3v) is 7.37. The summed E-state index contributed by atoms with van der Waals surface area (Å²) in [5, 5.41) is 3.01. The number of aryl methyl sites for hydroxylation is 3. The molecule has 3 rings (SSSR count). The zero-order chi connectivity index (χ0) is 23.3. The van der Waals surface area contributed by atoms with E-state index in [1.807, 2.05) is 30.3 Å². The lowest BCUT2D eigenvalue weighted by atomic mass is 10.1. The van der Waals surface area contributed by atoms with Crippen molar-refractivity contribution in [3.8, 4) is 0 Å². The van der Waals surface area contributed by atoms with Gasteiger partial charge in [0.05, 0.1) is 15.9 Å². The molecule has 0 unspecified atom stereocenters. The van der Waals surface area contributed by atoms with Crippen LogP contribution in [0.5, 0.6) is 0 Å². The van der Waals surface area contributed by atoms with E-state index in [1.165, 1.54) is 18.4 Å². The van der Waals surface area contributed by atoms with Gasteiger partial charge in [0, 0.05) is 39.2 Å². The van der Waals surface area contributed by atoms with E-state index < -0.39 is 10.0 Å². The molecule has 0 bridgehead atoms. The van der Waals surface area contributed by atoms with E-state index in [0.717, 1.165) is 48.4 Å². The summed E-state index contributed by atoms with van der Waals surface area (Å²) in [5.41, 5.74) is 3.47. The highest BCUT2D eigenvalue weighted by molar-refractivity contribution is 7.89. The molecule has 0 aliphatic heterocycles. The van der Waals surface area contributed by atoms with Gasteiger partial charge in [0.1, 0.15) is 5.82 Å². The average Bonchev–Trinajstić information content (AvgIpc) is 3.13. The number of unbranched alkanes of at least 4 members (excludes halogenated alkanes) is 1. The van der Waals surface area contributed by atoms with Crippen LogP contribution in [-0.4, -0.2) is 42.3 Å². The lowest BCUT2D eigenvalue weighted by molar-refractivity contribution is -0.116. The predicted octanol–water partition coefficient (Wildman–Crippen LogP) is 4.22. The molecule has 0 aliphatic carbocycles. The van der Waals surface area contributed by atoms with Gasteiger partial charge in [-0.3, -0.25) is 4.79 Å². The summed E-state index contributed by atoms with van der Waals surface area (Å²) in [6, 6.07) is 12.9. The second-order valence-electron chi connectivity index (χ2n) is 8.03. The Morgan fingerprint density at radius 1 is 1.12 bits per heavy atom. The minimum Gasteiger partial charge on any atom is -0.328 e. The predicted molar refractivity (Wildman–Crippen MR) is 128 cm³/mol. The highest BCUT2D eigenvalue weighted by atomic mass is 32.2. The molecule has 172 valence electrons. The third kappa shape index (κ3) is 5.19. The minimum atomic E-state index is -3.54. The Morgan fingerprint density at radius 3 is 2.56 bits per heavy atom. The van der Waals surface area contributed by atoms with Crippen molar-refractivity contribution in [1.29, 1.82) is 0 Å². The normalized spacial score (nSPS) is 11.9. The summed E-state index contributed by atoms with van der Waals surface area (Å²) in [6.45, 7) is 4.97. The van der Waals surface area contributed by atoms with Crippen molar-refractivity contribution in [1.82, 2.24) is 13.9 Å². The third-order valence-electron chi connectivity index (χ3n) is 5.56. The average molecular weight is 457 g/mol. The second kappa shape index (κ2) is 10.3. The molecule has 0 spiro atoms. The number of nitrogens with zero attached hydrogens (tertiary/aromatic N) is 3. The van der Waals surface area contributed by atoms with Gasteiger partial charge in [0.2, 0.25) is 15.9 Å². The number of fused-ring (bicyclic) bond motifs is 1. The van der Waals surface area contributed by atoms with Gasteiger partial charge in [-0.1, -0.05) is 38.5 Å². The fraction of sp³-hybridized carbons (Fsp3) is 0.417. The first-order chi connectivity index (χ1) is 15.3. The summed E-state index contributed by atoms with van der Waals surface area (Å²) < 4.78 is 28.3. The molecule has 2 aromatic carbocycles. The van der Waals surface area contributed by atoms with Gasteiger partial charge in [0.15, 0.2) is 0 Å². The Labute approximate surface area is 190 Å². The highest BCUT2D eigenvalue weighted by Gasteiger charge is 2.20. The first kappa shape index (κ1) is 23.9. The van der Waals surface area contributed by atoms with Crippen LogP contribution in [0.3, 0.4) is 0 Å². The molecule has 1 amide bonds. The number of hydrogen-bond donors (Lipinski definition) is 1. The molecule has 3 aromatic rings. The number of para-hydroxylation sites is 1. The van der Waals surface area contributed by atoms with E-state index in [-0.39, 0.29) is 10.8 Å². The molecule has 7 nitrogen and oxygen atoms in total. The van der Waals surface area contributed by atoms with Gasteiger partial charge in [0.25, 0.3) is 0 Å². The van der Waals surface area contributed by atoms with Crippen LogP contribution in [0.15, 0.2) is 47.4 Å². The highest BCUT2D eigenvalue weighted by Crippen LogP contribution is 2.24. The fourth-order valence-electron chi connectivity index (χ4n) is 3.68. The number of anilines is 1. The number of carbonyl (C=O) groups excluding carboxylic acids is 1. The van der Waals surface area contributed by atoms with Crippen molar-refractivity contribution in [2.75, 3.05) is 19.4 Å². The second-order valence-corrected chi connectivity index (χ2v) is 10.2. The van der Waals surface area contributed by atoms with E-state index in [1.54, 1.807) is 12.1 Å². The van der Waals surface area contributed by atoms with E-state index in [0.29, 0.717) is 18.4 Å². The van der Waals surface area contributed by atoms with Crippen LogP contribution in [0.2, 0.25) is 0 Å². The summed E-state index contributed by atoms with van der Waals surface area (Å²) in [6.07, 6.45) is 3.64. The topological polar surface area (TPSA) is 84.3 Å². The largest absolute Gasteiger partial charge is 0.328 e. The van der Waals surface area contributed by atoms with Gasteiger partial charge in [-0.05, 0) is 42.7 Å². The molecule has 0 radical (unpaired) electrons. The summed E-state index contributed by atoms with van der Waals surface area (Å²) in [7, 11) is -0.508. The van der Waals surface area contributed by atoms with Gasteiger partial charge >= 0.3 is 0 Å². The minimum absolute atomic E-state index is 0.0594. The molecule has 0 aliphatic rings. The Bertz CT molecular complexity index is 1200. The maximum atomic E-state index is 12.6. The first-order valence-corrected chi connectivity index (χ1v) is 12.5. The zero-order valence-corrected chi connectivity index (χ0v) is 20.1. The van der Waals surface area contributed by atoms with Crippen LogP contribution in [0.4, 0.5) is 5.69 Å². The lowest BCUT2D eigenvalue weighted by Crippen LogP contribution is -2.22. The number of amides is 1.